The van der Waals surface area contributed by atoms with Crippen molar-refractivity contribution in [3.63, 3.8) is 0 Å². The highest BCUT2D eigenvalue weighted by Crippen LogP contribution is 2.31. The third-order valence-electron chi connectivity index (χ3n) is 4.72. The third-order valence-corrected chi connectivity index (χ3v) is 4.72. The molecule has 108 valence electrons. The standard InChI is InChI=1S/C14H24N2O3/c1-9(10-4-2-5-10)16-14(19)15-8-11-6-3-7-12(11)13(17)18/h9-12H,2-8H2,1H3,(H,17,18)(H2,15,16,19). The van der Waals surface area contributed by atoms with E-state index in [1.807, 2.05) is 6.92 Å². The molecular weight excluding hydrogens is 244 g/mol. The topological polar surface area (TPSA) is 78.4 Å². The molecule has 2 fully saturated rings. The number of carbonyl (C=O) groups excluding carboxylic acids is 1. The van der Waals surface area contributed by atoms with Crippen LogP contribution in [0.4, 0.5) is 4.79 Å². The Morgan fingerprint density at radius 3 is 2.47 bits per heavy atom. The molecule has 2 aliphatic rings. The molecule has 2 saturated carbocycles. The third kappa shape index (κ3) is 3.61. The molecule has 2 aliphatic carbocycles. The predicted octanol–water partition coefficient (Wildman–Crippen LogP) is 1.98. The summed E-state index contributed by atoms with van der Waals surface area (Å²) in [5.41, 5.74) is 0. The predicted molar refractivity (Wildman–Crippen MR) is 71.8 cm³/mol. The highest BCUT2D eigenvalue weighted by Gasteiger charge is 2.33. The van der Waals surface area contributed by atoms with Crippen molar-refractivity contribution in [3.8, 4) is 0 Å². The van der Waals surface area contributed by atoms with Crippen LogP contribution in [0.1, 0.15) is 45.4 Å². The second-order valence-electron chi connectivity index (χ2n) is 5.97. The van der Waals surface area contributed by atoms with Crippen molar-refractivity contribution >= 4 is 12.0 Å². The van der Waals surface area contributed by atoms with Gasteiger partial charge in [-0.15, -0.1) is 0 Å². The van der Waals surface area contributed by atoms with E-state index in [-0.39, 0.29) is 23.9 Å². The summed E-state index contributed by atoms with van der Waals surface area (Å²) in [7, 11) is 0. The zero-order chi connectivity index (χ0) is 13.8. The van der Waals surface area contributed by atoms with Crippen molar-refractivity contribution in [2.45, 2.75) is 51.5 Å². The summed E-state index contributed by atoms with van der Waals surface area (Å²) in [4.78, 5) is 22.8. The van der Waals surface area contributed by atoms with Gasteiger partial charge < -0.3 is 15.7 Å². The molecule has 2 amide bonds. The van der Waals surface area contributed by atoms with E-state index in [0.29, 0.717) is 12.5 Å². The first kappa shape index (κ1) is 14.2. The Balaban J connectivity index is 1.69. The van der Waals surface area contributed by atoms with Crippen LogP contribution in [0.2, 0.25) is 0 Å². The Morgan fingerprint density at radius 1 is 1.21 bits per heavy atom. The first-order valence-corrected chi connectivity index (χ1v) is 7.35. The SMILES string of the molecule is CC(NC(=O)NCC1CCCC1C(=O)O)C1CCC1. The summed E-state index contributed by atoms with van der Waals surface area (Å²) in [5, 5.41) is 14.9. The lowest BCUT2D eigenvalue weighted by Gasteiger charge is -2.32. The summed E-state index contributed by atoms with van der Waals surface area (Å²) >= 11 is 0. The number of carboxylic acids is 1. The second kappa shape index (κ2) is 6.26. The minimum atomic E-state index is -0.729. The quantitative estimate of drug-likeness (QED) is 0.713. The van der Waals surface area contributed by atoms with Gasteiger partial charge in [-0.1, -0.05) is 12.8 Å². The lowest BCUT2D eigenvalue weighted by atomic mass is 9.80. The Hall–Kier alpha value is -1.26. The van der Waals surface area contributed by atoms with E-state index in [1.54, 1.807) is 0 Å². The Labute approximate surface area is 114 Å². The second-order valence-corrected chi connectivity index (χ2v) is 5.97. The van der Waals surface area contributed by atoms with E-state index in [0.717, 1.165) is 19.3 Å². The molecule has 0 saturated heterocycles. The summed E-state index contributed by atoms with van der Waals surface area (Å²) in [6.07, 6.45) is 6.25. The molecule has 0 aliphatic heterocycles. The maximum atomic E-state index is 11.8. The zero-order valence-electron chi connectivity index (χ0n) is 11.5. The number of carboxylic acid groups (broad SMARTS) is 1. The van der Waals surface area contributed by atoms with Crippen LogP contribution in [0.15, 0.2) is 0 Å². The molecule has 5 heteroatoms. The van der Waals surface area contributed by atoms with E-state index in [9.17, 15) is 9.59 Å². The van der Waals surface area contributed by atoms with Crippen molar-refractivity contribution in [2.24, 2.45) is 17.8 Å². The average Bonchev–Trinajstić information content (AvgIpc) is 2.71. The van der Waals surface area contributed by atoms with E-state index >= 15 is 0 Å². The lowest BCUT2D eigenvalue weighted by molar-refractivity contribution is -0.142. The monoisotopic (exact) mass is 268 g/mol. The maximum Gasteiger partial charge on any atom is 0.315 e. The van der Waals surface area contributed by atoms with Gasteiger partial charge in [0.25, 0.3) is 0 Å². The normalized spacial score (nSPS) is 28.5. The van der Waals surface area contributed by atoms with Gasteiger partial charge in [-0.25, -0.2) is 4.79 Å². The summed E-state index contributed by atoms with van der Waals surface area (Å²) in [6, 6.07) is 0.0584. The van der Waals surface area contributed by atoms with Crippen LogP contribution >= 0.6 is 0 Å². The van der Waals surface area contributed by atoms with E-state index < -0.39 is 5.97 Å². The molecule has 0 spiro atoms. The Bertz CT molecular complexity index is 342. The summed E-state index contributed by atoms with van der Waals surface area (Å²) in [5.74, 6) is -0.317. The summed E-state index contributed by atoms with van der Waals surface area (Å²) < 4.78 is 0. The largest absolute Gasteiger partial charge is 0.481 e. The molecule has 0 aromatic rings. The van der Waals surface area contributed by atoms with Gasteiger partial charge in [0.2, 0.25) is 0 Å². The average molecular weight is 268 g/mol. The van der Waals surface area contributed by atoms with Gasteiger partial charge >= 0.3 is 12.0 Å². The number of hydrogen-bond acceptors (Lipinski definition) is 2. The molecule has 0 aromatic carbocycles. The van der Waals surface area contributed by atoms with Crippen LogP contribution in [0, 0.1) is 17.8 Å². The zero-order valence-corrected chi connectivity index (χ0v) is 11.5. The van der Waals surface area contributed by atoms with Crippen LogP contribution in [-0.4, -0.2) is 29.7 Å². The number of rotatable bonds is 5. The van der Waals surface area contributed by atoms with E-state index in [4.69, 9.17) is 5.11 Å². The molecule has 3 unspecified atom stereocenters. The Kier molecular flexibility index (Phi) is 4.66. The smallest absolute Gasteiger partial charge is 0.315 e. The summed E-state index contributed by atoms with van der Waals surface area (Å²) in [6.45, 7) is 2.51. The van der Waals surface area contributed by atoms with Crippen molar-refractivity contribution in [3.05, 3.63) is 0 Å². The van der Waals surface area contributed by atoms with Gasteiger partial charge in [-0.2, -0.15) is 0 Å². The van der Waals surface area contributed by atoms with Gasteiger partial charge in [0.1, 0.15) is 0 Å². The Morgan fingerprint density at radius 2 is 1.89 bits per heavy atom. The highest BCUT2D eigenvalue weighted by atomic mass is 16.4. The van der Waals surface area contributed by atoms with Gasteiger partial charge in [-0.3, -0.25) is 4.79 Å². The molecule has 0 heterocycles. The van der Waals surface area contributed by atoms with E-state index in [1.165, 1.54) is 19.3 Å². The number of nitrogens with one attached hydrogen (secondary N) is 2. The van der Waals surface area contributed by atoms with Crippen LogP contribution in [-0.2, 0) is 4.79 Å². The molecule has 0 bridgehead atoms. The minimum Gasteiger partial charge on any atom is -0.481 e. The van der Waals surface area contributed by atoms with Crippen molar-refractivity contribution in [1.29, 1.82) is 0 Å². The van der Waals surface area contributed by atoms with Crippen LogP contribution in [0.25, 0.3) is 0 Å². The molecule has 0 aromatic heterocycles. The molecule has 3 atom stereocenters. The van der Waals surface area contributed by atoms with E-state index in [2.05, 4.69) is 10.6 Å². The molecule has 3 N–H and O–H groups in total. The van der Waals surface area contributed by atoms with Crippen molar-refractivity contribution in [2.75, 3.05) is 6.54 Å². The first-order valence-electron chi connectivity index (χ1n) is 7.35. The highest BCUT2D eigenvalue weighted by molar-refractivity contribution is 5.74. The van der Waals surface area contributed by atoms with Crippen LogP contribution in [0.5, 0.6) is 0 Å². The molecule has 19 heavy (non-hydrogen) atoms. The number of urea groups is 1. The molecule has 5 nitrogen and oxygen atoms in total. The number of amides is 2. The first-order chi connectivity index (χ1) is 9.08. The van der Waals surface area contributed by atoms with Gasteiger partial charge in [-0.05, 0) is 44.4 Å². The number of carbonyl (C=O) groups is 2. The van der Waals surface area contributed by atoms with Crippen molar-refractivity contribution < 1.29 is 14.7 Å². The fraction of sp³-hybridized carbons (Fsp3) is 0.857. The molecule has 0 radical (unpaired) electrons. The molecule has 2 rings (SSSR count). The van der Waals surface area contributed by atoms with Crippen LogP contribution in [0.3, 0.4) is 0 Å². The van der Waals surface area contributed by atoms with Gasteiger partial charge in [0, 0.05) is 12.6 Å². The fourth-order valence-corrected chi connectivity index (χ4v) is 3.15. The number of aliphatic carboxylic acids is 1. The lowest BCUT2D eigenvalue weighted by Crippen LogP contribution is -2.47. The van der Waals surface area contributed by atoms with Crippen molar-refractivity contribution in [1.82, 2.24) is 10.6 Å². The fourth-order valence-electron chi connectivity index (χ4n) is 3.15. The number of hydrogen-bond donors (Lipinski definition) is 3. The maximum absolute atomic E-state index is 11.8. The van der Waals surface area contributed by atoms with Gasteiger partial charge in [0.15, 0.2) is 0 Å². The molecular formula is C14H24N2O3. The van der Waals surface area contributed by atoms with Gasteiger partial charge in [0.05, 0.1) is 5.92 Å². The minimum absolute atomic E-state index is 0.0854. The van der Waals surface area contributed by atoms with Crippen LogP contribution < -0.4 is 10.6 Å².